The van der Waals surface area contributed by atoms with E-state index in [-0.39, 0.29) is 17.8 Å². The molecule has 0 radical (unpaired) electrons. The van der Waals surface area contributed by atoms with Gasteiger partial charge in [-0.05, 0) is 42.8 Å². The number of nitrogens with zero attached hydrogens (tertiary/aromatic N) is 2. The average molecular weight is 434 g/mol. The Morgan fingerprint density at radius 3 is 2.37 bits per heavy atom. The zero-order valence-electron chi connectivity index (χ0n) is 17.0. The molecule has 160 valence electrons. The first kappa shape index (κ1) is 21.9. The Morgan fingerprint density at radius 2 is 1.73 bits per heavy atom. The van der Waals surface area contributed by atoms with Crippen molar-refractivity contribution in [3.63, 3.8) is 0 Å². The highest BCUT2D eigenvalue weighted by atomic mass is 35.5. The van der Waals surface area contributed by atoms with Crippen LogP contribution in [0.2, 0.25) is 5.02 Å². The maximum atomic E-state index is 13.6. The minimum Gasteiger partial charge on any atom is -0.496 e. The molecule has 1 atom stereocenters. The van der Waals surface area contributed by atoms with Crippen molar-refractivity contribution in [2.75, 3.05) is 33.3 Å². The number of nitrogens with one attached hydrogen (secondary N) is 1. The fourth-order valence-corrected chi connectivity index (χ4v) is 3.57. The number of rotatable bonds is 5. The molecule has 8 heteroatoms. The molecule has 2 aromatic rings. The second-order valence-corrected chi connectivity index (χ2v) is 7.66. The first-order chi connectivity index (χ1) is 14.4. The molecule has 3 amide bonds. The SMILES string of the molecule is COc1ccc(F)cc1C(C)NC(=O)N1CCN(C(=O)Cc2ccc(Cl)cc2)CC1. The lowest BCUT2D eigenvalue weighted by atomic mass is 10.1. The minimum absolute atomic E-state index is 0.0234. The molecule has 1 unspecified atom stereocenters. The van der Waals surface area contributed by atoms with Crippen molar-refractivity contribution < 1.29 is 18.7 Å². The summed E-state index contributed by atoms with van der Waals surface area (Å²) in [6.07, 6.45) is 0.305. The third-order valence-corrected chi connectivity index (χ3v) is 5.44. The highest BCUT2D eigenvalue weighted by Crippen LogP contribution is 2.26. The van der Waals surface area contributed by atoms with Gasteiger partial charge in [0.2, 0.25) is 5.91 Å². The summed E-state index contributed by atoms with van der Waals surface area (Å²) in [5.41, 5.74) is 1.48. The summed E-state index contributed by atoms with van der Waals surface area (Å²) in [6, 6.07) is 10.7. The summed E-state index contributed by atoms with van der Waals surface area (Å²) in [5, 5.41) is 3.52. The molecule has 1 aliphatic heterocycles. The molecule has 1 N–H and O–H groups in total. The van der Waals surface area contributed by atoms with Crippen LogP contribution >= 0.6 is 11.6 Å². The van der Waals surface area contributed by atoms with Crippen LogP contribution < -0.4 is 10.1 Å². The number of piperazine rings is 1. The van der Waals surface area contributed by atoms with Crippen LogP contribution in [0.3, 0.4) is 0 Å². The van der Waals surface area contributed by atoms with E-state index in [1.54, 1.807) is 34.9 Å². The number of amides is 3. The maximum Gasteiger partial charge on any atom is 0.317 e. The lowest BCUT2D eigenvalue weighted by molar-refractivity contribution is -0.131. The van der Waals surface area contributed by atoms with E-state index in [9.17, 15) is 14.0 Å². The Hall–Kier alpha value is -2.80. The lowest BCUT2D eigenvalue weighted by Crippen LogP contribution is -2.53. The number of hydrogen-bond donors (Lipinski definition) is 1. The van der Waals surface area contributed by atoms with E-state index in [1.165, 1.54) is 19.2 Å². The fourth-order valence-electron chi connectivity index (χ4n) is 3.45. The summed E-state index contributed by atoms with van der Waals surface area (Å²) < 4.78 is 18.9. The number of carbonyl (C=O) groups is 2. The second kappa shape index (κ2) is 9.80. The molecule has 3 rings (SSSR count). The van der Waals surface area contributed by atoms with Crippen molar-refractivity contribution in [1.82, 2.24) is 15.1 Å². The number of benzene rings is 2. The van der Waals surface area contributed by atoms with E-state index in [2.05, 4.69) is 5.32 Å². The summed E-state index contributed by atoms with van der Waals surface area (Å²) >= 11 is 5.88. The van der Waals surface area contributed by atoms with Gasteiger partial charge >= 0.3 is 6.03 Å². The highest BCUT2D eigenvalue weighted by Gasteiger charge is 2.25. The molecule has 6 nitrogen and oxygen atoms in total. The number of halogens is 2. The van der Waals surface area contributed by atoms with Crippen molar-refractivity contribution in [2.24, 2.45) is 0 Å². The van der Waals surface area contributed by atoms with Gasteiger partial charge < -0.3 is 19.9 Å². The third kappa shape index (κ3) is 5.42. The van der Waals surface area contributed by atoms with Gasteiger partial charge in [0.05, 0.1) is 19.6 Å². The van der Waals surface area contributed by atoms with Crippen LogP contribution in [0, 0.1) is 5.82 Å². The molecule has 0 aliphatic carbocycles. The quantitative estimate of drug-likeness (QED) is 0.783. The van der Waals surface area contributed by atoms with Crippen LogP contribution in [0.15, 0.2) is 42.5 Å². The zero-order chi connectivity index (χ0) is 21.7. The number of carbonyl (C=O) groups excluding carboxylic acids is 2. The van der Waals surface area contributed by atoms with Crippen LogP contribution in [0.25, 0.3) is 0 Å². The molecule has 1 fully saturated rings. The minimum atomic E-state index is -0.423. The molecule has 0 saturated carbocycles. The first-order valence-electron chi connectivity index (χ1n) is 9.78. The van der Waals surface area contributed by atoms with E-state index in [1.807, 2.05) is 12.1 Å². The molecule has 0 spiro atoms. The normalized spacial score (nSPS) is 14.9. The summed E-state index contributed by atoms with van der Waals surface area (Å²) in [5.74, 6) is 0.150. The van der Waals surface area contributed by atoms with Crippen molar-refractivity contribution >= 4 is 23.5 Å². The van der Waals surface area contributed by atoms with Gasteiger partial charge in [-0.3, -0.25) is 4.79 Å². The predicted molar refractivity (Wildman–Crippen MR) is 113 cm³/mol. The van der Waals surface area contributed by atoms with Crippen molar-refractivity contribution in [1.29, 1.82) is 0 Å². The van der Waals surface area contributed by atoms with E-state index >= 15 is 0 Å². The Morgan fingerprint density at radius 1 is 1.10 bits per heavy atom. The van der Waals surface area contributed by atoms with Crippen molar-refractivity contribution in [3.05, 3.63) is 64.4 Å². The van der Waals surface area contributed by atoms with Gasteiger partial charge in [0.15, 0.2) is 0 Å². The summed E-state index contributed by atoms with van der Waals surface area (Å²) in [6.45, 7) is 3.59. The van der Waals surface area contributed by atoms with Gasteiger partial charge in [-0.2, -0.15) is 0 Å². The van der Waals surface area contributed by atoms with E-state index in [4.69, 9.17) is 16.3 Å². The molecule has 1 aliphatic rings. The van der Waals surface area contributed by atoms with E-state index < -0.39 is 6.04 Å². The third-order valence-electron chi connectivity index (χ3n) is 5.19. The van der Waals surface area contributed by atoms with Crippen molar-refractivity contribution in [3.8, 4) is 5.75 Å². The van der Waals surface area contributed by atoms with Crippen molar-refractivity contribution in [2.45, 2.75) is 19.4 Å². The average Bonchev–Trinajstić information content (AvgIpc) is 2.75. The van der Waals surface area contributed by atoms with Crippen LogP contribution in [0.4, 0.5) is 9.18 Å². The summed E-state index contributed by atoms with van der Waals surface area (Å²) in [7, 11) is 1.51. The molecular weight excluding hydrogens is 409 g/mol. The van der Waals surface area contributed by atoms with Crippen LogP contribution in [0.1, 0.15) is 24.1 Å². The number of hydrogen-bond acceptors (Lipinski definition) is 3. The smallest absolute Gasteiger partial charge is 0.317 e. The number of urea groups is 1. The number of ether oxygens (including phenoxy) is 1. The van der Waals surface area contributed by atoms with Gasteiger partial charge in [0.25, 0.3) is 0 Å². The lowest BCUT2D eigenvalue weighted by Gasteiger charge is -2.35. The van der Waals surface area contributed by atoms with E-state index in [0.29, 0.717) is 48.9 Å². The molecule has 1 heterocycles. The largest absolute Gasteiger partial charge is 0.496 e. The van der Waals surface area contributed by atoms with Gasteiger partial charge in [0.1, 0.15) is 11.6 Å². The predicted octanol–water partition coefficient (Wildman–Crippen LogP) is 3.65. The molecule has 30 heavy (non-hydrogen) atoms. The van der Waals surface area contributed by atoms with Gasteiger partial charge in [0, 0.05) is 36.8 Å². The Kier molecular flexibility index (Phi) is 7.15. The second-order valence-electron chi connectivity index (χ2n) is 7.23. The Labute approximate surface area is 180 Å². The molecule has 0 bridgehead atoms. The number of methoxy groups -OCH3 is 1. The van der Waals surface area contributed by atoms with Gasteiger partial charge in [-0.15, -0.1) is 0 Å². The topological polar surface area (TPSA) is 61.9 Å². The van der Waals surface area contributed by atoms with Gasteiger partial charge in [-0.25, -0.2) is 9.18 Å². The fraction of sp³-hybridized carbons (Fsp3) is 0.364. The van der Waals surface area contributed by atoms with Crippen LogP contribution in [-0.2, 0) is 11.2 Å². The maximum absolute atomic E-state index is 13.6. The molecule has 1 saturated heterocycles. The molecule has 0 aromatic heterocycles. The van der Waals surface area contributed by atoms with Crippen LogP contribution in [0.5, 0.6) is 5.75 Å². The Balaban J connectivity index is 1.52. The van der Waals surface area contributed by atoms with Crippen LogP contribution in [-0.4, -0.2) is 55.0 Å². The first-order valence-corrected chi connectivity index (χ1v) is 10.2. The zero-order valence-corrected chi connectivity index (χ0v) is 17.8. The van der Waals surface area contributed by atoms with Gasteiger partial charge in [-0.1, -0.05) is 23.7 Å². The Bertz CT molecular complexity index is 899. The molecular formula is C22H25ClFN3O3. The molecule has 2 aromatic carbocycles. The summed E-state index contributed by atoms with van der Waals surface area (Å²) in [4.78, 5) is 28.6. The highest BCUT2D eigenvalue weighted by molar-refractivity contribution is 6.30. The van der Waals surface area contributed by atoms with E-state index in [0.717, 1.165) is 5.56 Å². The standard InChI is InChI=1S/C22H25ClFN3O3/c1-15(19-14-18(24)7-8-20(19)30-2)25-22(29)27-11-9-26(10-12-27)21(28)13-16-3-5-17(23)6-4-16/h3-8,14-15H,9-13H2,1-2H3,(H,25,29). The monoisotopic (exact) mass is 433 g/mol.